The van der Waals surface area contributed by atoms with E-state index in [1.807, 2.05) is 6.92 Å². The third-order valence-corrected chi connectivity index (χ3v) is 3.83. The Morgan fingerprint density at radius 1 is 1.56 bits per heavy atom. The molecular formula is C12H24N2O2. The summed E-state index contributed by atoms with van der Waals surface area (Å²) in [5.74, 6) is -0.756. The number of hydrogen-bond donors (Lipinski definition) is 2. The lowest BCUT2D eigenvalue weighted by molar-refractivity contribution is -0.144. The minimum Gasteiger partial charge on any atom is -0.480 e. The van der Waals surface area contributed by atoms with Gasteiger partial charge in [-0.3, -0.25) is 4.79 Å². The second kappa shape index (κ2) is 5.64. The van der Waals surface area contributed by atoms with Gasteiger partial charge in [-0.1, -0.05) is 13.3 Å². The van der Waals surface area contributed by atoms with Gasteiger partial charge in [-0.2, -0.15) is 0 Å². The average Bonchev–Trinajstić information content (AvgIpc) is 2.27. The molecule has 1 saturated heterocycles. The maximum absolute atomic E-state index is 11.1. The number of nitrogens with zero attached hydrogens (tertiary/aromatic N) is 1. The monoisotopic (exact) mass is 228 g/mol. The number of piperidine rings is 1. The van der Waals surface area contributed by atoms with Crippen molar-refractivity contribution >= 4 is 5.97 Å². The molecule has 2 unspecified atom stereocenters. The predicted molar refractivity (Wildman–Crippen MR) is 64.6 cm³/mol. The Morgan fingerprint density at radius 2 is 2.25 bits per heavy atom. The highest BCUT2D eigenvalue weighted by molar-refractivity contribution is 5.78. The number of aliphatic carboxylic acids is 1. The van der Waals surface area contributed by atoms with Crippen LogP contribution in [0.15, 0.2) is 0 Å². The van der Waals surface area contributed by atoms with Crippen molar-refractivity contribution in [1.29, 1.82) is 0 Å². The van der Waals surface area contributed by atoms with Crippen LogP contribution in [0.25, 0.3) is 0 Å². The Bertz CT molecular complexity index is 245. The Balaban J connectivity index is 2.45. The van der Waals surface area contributed by atoms with Gasteiger partial charge in [0.25, 0.3) is 0 Å². The molecule has 2 atom stereocenters. The molecule has 0 aromatic rings. The standard InChI is InChI=1S/C12H24N2O2/c1-4-12(2,11(15)16)13-9-10-7-5-6-8-14(10)3/h10,13H,4-9H2,1-3H3,(H,15,16). The minimum atomic E-state index is -0.779. The van der Waals surface area contributed by atoms with Gasteiger partial charge in [0.1, 0.15) is 5.54 Å². The summed E-state index contributed by atoms with van der Waals surface area (Å²) in [7, 11) is 2.12. The fourth-order valence-electron chi connectivity index (χ4n) is 2.10. The first-order valence-corrected chi connectivity index (χ1v) is 6.18. The molecule has 0 amide bonds. The van der Waals surface area contributed by atoms with Crippen molar-refractivity contribution in [2.75, 3.05) is 20.1 Å². The highest BCUT2D eigenvalue weighted by Crippen LogP contribution is 2.16. The Kier molecular flexibility index (Phi) is 4.74. The topological polar surface area (TPSA) is 52.6 Å². The second-order valence-electron chi connectivity index (χ2n) is 5.00. The van der Waals surface area contributed by atoms with Gasteiger partial charge in [0, 0.05) is 12.6 Å². The molecule has 1 heterocycles. The van der Waals surface area contributed by atoms with Gasteiger partial charge < -0.3 is 15.3 Å². The van der Waals surface area contributed by atoms with E-state index < -0.39 is 11.5 Å². The van der Waals surface area contributed by atoms with E-state index in [-0.39, 0.29) is 0 Å². The van der Waals surface area contributed by atoms with E-state index in [0.717, 1.165) is 13.1 Å². The highest BCUT2D eigenvalue weighted by Gasteiger charge is 2.31. The summed E-state index contributed by atoms with van der Waals surface area (Å²) in [6, 6.07) is 0.485. The van der Waals surface area contributed by atoms with Crippen LogP contribution in [0.2, 0.25) is 0 Å². The van der Waals surface area contributed by atoms with Crippen molar-refractivity contribution in [2.45, 2.75) is 51.1 Å². The van der Waals surface area contributed by atoms with E-state index in [4.69, 9.17) is 5.11 Å². The third kappa shape index (κ3) is 3.19. The van der Waals surface area contributed by atoms with E-state index in [9.17, 15) is 4.79 Å². The molecule has 1 aliphatic heterocycles. The summed E-state index contributed by atoms with van der Waals surface area (Å²) < 4.78 is 0. The predicted octanol–water partition coefficient (Wildman–Crippen LogP) is 1.31. The van der Waals surface area contributed by atoms with Gasteiger partial charge in [-0.25, -0.2) is 0 Å². The molecule has 16 heavy (non-hydrogen) atoms. The van der Waals surface area contributed by atoms with Crippen molar-refractivity contribution in [3.63, 3.8) is 0 Å². The van der Waals surface area contributed by atoms with Gasteiger partial charge >= 0.3 is 5.97 Å². The highest BCUT2D eigenvalue weighted by atomic mass is 16.4. The summed E-state index contributed by atoms with van der Waals surface area (Å²) >= 11 is 0. The molecule has 0 aromatic carbocycles. The van der Waals surface area contributed by atoms with Crippen LogP contribution in [-0.4, -0.2) is 47.7 Å². The molecule has 4 nitrogen and oxygen atoms in total. The van der Waals surface area contributed by atoms with Gasteiger partial charge in [0.05, 0.1) is 0 Å². The molecule has 0 saturated carbocycles. The number of rotatable bonds is 5. The van der Waals surface area contributed by atoms with Gasteiger partial charge in [0.15, 0.2) is 0 Å². The van der Waals surface area contributed by atoms with E-state index in [2.05, 4.69) is 17.3 Å². The van der Waals surface area contributed by atoms with Gasteiger partial charge in [-0.15, -0.1) is 0 Å². The van der Waals surface area contributed by atoms with E-state index in [0.29, 0.717) is 12.5 Å². The molecule has 94 valence electrons. The number of nitrogens with one attached hydrogen (secondary N) is 1. The van der Waals surface area contributed by atoms with Crippen molar-refractivity contribution in [1.82, 2.24) is 10.2 Å². The molecular weight excluding hydrogens is 204 g/mol. The first kappa shape index (κ1) is 13.5. The first-order valence-electron chi connectivity index (χ1n) is 6.18. The maximum atomic E-state index is 11.1. The molecule has 1 rings (SSSR count). The lowest BCUT2D eigenvalue weighted by Gasteiger charge is -2.35. The van der Waals surface area contributed by atoms with Crippen molar-refractivity contribution < 1.29 is 9.90 Å². The molecule has 1 fully saturated rings. The minimum absolute atomic E-state index is 0.485. The first-order chi connectivity index (χ1) is 7.49. The lowest BCUT2D eigenvalue weighted by atomic mass is 9.97. The van der Waals surface area contributed by atoms with E-state index in [1.165, 1.54) is 19.3 Å². The number of likely N-dealkylation sites (tertiary alicyclic amines) is 1. The zero-order chi connectivity index (χ0) is 12.2. The normalized spacial score (nSPS) is 26.3. The summed E-state index contributed by atoms with van der Waals surface area (Å²) in [5.41, 5.74) is -0.779. The fraction of sp³-hybridized carbons (Fsp3) is 0.917. The molecule has 0 aliphatic carbocycles. The van der Waals surface area contributed by atoms with Crippen molar-refractivity contribution in [3.8, 4) is 0 Å². The molecule has 0 bridgehead atoms. The smallest absolute Gasteiger partial charge is 0.323 e. The van der Waals surface area contributed by atoms with Crippen molar-refractivity contribution in [3.05, 3.63) is 0 Å². The van der Waals surface area contributed by atoms with Crippen LogP contribution in [0.4, 0.5) is 0 Å². The van der Waals surface area contributed by atoms with Crippen LogP contribution in [0, 0.1) is 0 Å². The molecule has 0 radical (unpaired) electrons. The summed E-state index contributed by atoms with van der Waals surface area (Å²) in [5, 5.41) is 12.4. The quantitative estimate of drug-likeness (QED) is 0.745. The maximum Gasteiger partial charge on any atom is 0.323 e. The van der Waals surface area contributed by atoms with Crippen LogP contribution in [0.1, 0.15) is 39.5 Å². The van der Waals surface area contributed by atoms with Crippen LogP contribution in [-0.2, 0) is 4.79 Å². The molecule has 1 aliphatic rings. The summed E-state index contributed by atoms with van der Waals surface area (Å²) in [6.07, 6.45) is 4.30. The van der Waals surface area contributed by atoms with Crippen LogP contribution in [0.5, 0.6) is 0 Å². The zero-order valence-electron chi connectivity index (χ0n) is 10.6. The molecule has 4 heteroatoms. The summed E-state index contributed by atoms with van der Waals surface area (Å²) in [6.45, 7) is 5.57. The Labute approximate surface area is 98.0 Å². The number of carboxylic acids is 1. The Morgan fingerprint density at radius 3 is 2.75 bits per heavy atom. The van der Waals surface area contributed by atoms with Gasteiger partial charge in [-0.05, 0) is 39.8 Å². The number of hydrogen-bond acceptors (Lipinski definition) is 3. The van der Waals surface area contributed by atoms with Gasteiger partial charge in [0.2, 0.25) is 0 Å². The fourth-order valence-corrected chi connectivity index (χ4v) is 2.10. The average molecular weight is 228 g/mol. The van der Waals surface area contributed by atoms with E-state index >= 15 is 0 Å². The molecule has 0 aromatic heterocycles. The lowest BCUT2D eigenvalue weighted by Crippen LogP contribution is -2.54. The molecule has 2 N–H and O–H groups in total. The molecule has 0 spiro atoms. The van der Waals surface area contributed by atoms with Crippen LogP contribution < -0.4 is 5.32 Å². The van der Waals surface area contributed by atoms with E-state index in [1.54, 1.807) is 6.92 Å². The number of likely N-dealkylation sites (N-methyl/N-ethyl adjacent to an activating group) is 1. The van der Waals surface area contributed by atoms with Crippen molar-refractivity contribution in [2.24, 2.45) is 0 Å². The summed E-state index contributed by atoms with van der Waals surface area (Å²) in [4.78, 5) is 13.5. The Hall–Kier alpha value is -0.610. The second-order valence-corrected chi connectivity index (χ2v) is 5.00. The number of carboxylic acid groups (broad SMARTS) is 1. The third-order valence-electron chi connectivity index (χ3n) is 3.83. The SMILES string of the molecule is CCC(C)(NCC1CCCCN1C)C(=O)O. The largest absolute Gasteiger partial charge is 0.480 e. The van der Waals surface area contributed by atoms with Crippen LogP contribution >= 0.6 is 0 Å². The van der Waals surface area contributed by atoms with Crippen LogP contribution in [0.3, 0.4) is 0 Å². The zero-order valence-corrected chi connectivity index (χ0v) is 10.6. The number of carbonyl (C=O) groups is 1.